The Hall–Kier alpha value is -1.84. The number of rotatable bonds is 5. The van der Waals surface area contributed by atoms with E-state index in [0.29, 0.717) is 5.56 Å². The monoisotopic (exact) mass is 241 g/mol. The van der Waals surface area contributed by atoms with Crippen molar-refractivity contribution < 1.29 is 0 Å². The number of benzene rings is 1. The number of hydrogen-bond donors (Lipinski definition) is 0. The van der Waals surface area contributed by atoms with Crippen LogP contribution < -0.4 is 0 Å². The average molecular weight is 241 g/mol. The molecular formula is C15H19N3. The quantitative estimate of drug-likeness (QED) is 0.796. The summed E-state index contributed by atoms with van der Waals surface area (Å²) in [5.41, 5.74) is 3.06. The lowest BCUT2D eigenvalue weighted by Crippen LogP contribution is -2.27. The van der Waals surface area contributed by atoms with E-state index < -0.39 is 0 Å². The molecule has 1 atom stereocenters. The van der Waals surface area contributed by atoms with E-state index in [1.54, 1.807) is 0 Å². The molecule has 94 valence electrons. The zero-order chi connectivity index (χ0) is 13.5. The Morgan fingerprint density at radius 1 is 1.33 bits per heavy atom. The molecule has 0 saturated heterocycles. The maximum absolute atomic E-state index is 8.86. The third-order valence-corrected chi connectivity index (χ3v) is 3.07. The van der Waals surface area contributed by atoms with Crippen molar-refractivity contribution in [3.63, 3.8) is 0 Å². The summed E-state index contributed by atoms with van der Waals surface area (Å²) < 4.78 is 0. The Bertz CT molecular complexity index is 479. The molecule has 0 radical (unpaired) electrons. The van der Waals surface area contributed by atoms with Gasteiger partial charge in [-0.3, -0.25) is 4.90 Å². The number of nitriles is 2. The lowest BCUT2D eigenvalue weighted by molar-refractivity contribution is 0.260. The van der Waals surface area contributed by atoms with Crippen LogP contribution in [-0.4, -0.2) is 18.0 Å². The maximum Gasteiger partial charge on any atom is 0.0991 e. The van der Waals surface area contributed by atoms with Crippen molar-refractivity contribution >= 4 is 0 Å². The van der Waals surface area contributed by atoms with E-state index in [4.69, 9.17) is 10.5 Å². The second kappa shape index (κ2) is 6.79. The van der Waals surface area contributed by atoms with E-state index in [1.807, 2.05) is 32.0 Å². The molecule has 0 aromatic heterocycles. The predicted molar refractivity (Wildman–Crippen MR) is 71.6 cm³/mol. The summed E-state index contributed by atoms with van der Waals surface area (Å²) in [5, 5.41) is 17.7. The highest BCUT2D eigenvalue weighted by Gasteiger charge is 2.10. The smallest absolute Gasteiger partial charge is 0.0991 e. The van der Waals surface area contributed by atoms with E-state index in [9.17, 15) is 0 Å². The molecule has 0 N–H and O–H groups in total. The summed E-state index contributed by atoms with van der Waals surface area (Å²) in [5.74, 6) is 0.0450. The normalized spacial score (nSPS) is 11.9. The molecule has 3 nitrogen and oxygen atoms in total. The van der Waals surface area contributed by atoms with Crippen LogP contribution in [0.1, 0.15) is 30.5 Å². The first kappa shape index (κ1) is 14.2. The third-order valence-electron chi connectivity index (χ3n) is 3.07. The van der Waals surface area contributed by atoms with Crippen LogP contribution in [0.5, 0.6) is 0 Å². The van der Waals surface area contributed by atoms with Crippen molar-refractivity contribution in [3.05, 3.63) is 34.9 Å². The van der Waals surface area contributed by atoms with Gasteiger partial charge in [-0.05, 0) is 43.7 Å². The number of hydrogen-bond acceptors (Lipinski definition) is 3. The largest absolute Gasteiger partial charge is 0.298 e. The van der Waals surface area contributed by atoms with Crippen LogP contribution in [0, 0.1) is 35.5 Å². The maximum atomic E-state index is 8.86. The minimum atomic E-state index is 0.0450. The van der Waals surface area contributed by atoms with Crippen molar-refractivity contribution in [3.8, 4) is 12.1 Å². The minimum Gasteiger partial charge on any atom is -0.298 e. The van der Waals surface area contributed by atoms with Crippen molar-refractivity contribution in [1.29, 1.82) is 10.5 Å². The van der Waals surface area contributed by atoms with Gasteiger partial charge in [0.15, 0.2) is 0 Å². The van der Waals surface area contributed by atoms with Crippen LogP contribution in [-0.2, 0) is 6.54 Å². The summed E-state index contributed by atoms with van der Waals surface area (Å²) in [6.07, 6.45) is 0. The van der Waals surface area contributed by atoms with Gasteiger partial charge in [0.25, 0.3) is 0 Å². The van der Waals surface area contributed by atoms with Crippen molar-refractivity contribution in [1.82, 2.24) is 4.90 Å². The fraction of sp³-hybridized carbons (Fsp3) is 0.467. The van der Waals surface area contributed by atoms with Gasteiger partial charge in [0, 0.05) is 13.1 Å². The van der Waals surface area contributed by atoms with Gasteiger partial charge in [0.1, 0.15) is 0 Å². The van der Waals surface area contributed by atoms with Gasteiger partial charge < -0.3 is 0 Å². The Labute approximate surface area is 109 Å². The molecule has 1 rings (SSSR count). The van der Waals surface area contributed by atoms with Crippen LogP contribution in [0.15, 0.2) is 18.2 Å². The fourth-order valence-corrected chi connectivity index (χ4v) is 1.92. The van der Waals surface area contributed by atoms with Crippen LogP contribution in [0.3, 0.4) is 0 Å². The second-order valence-electron chi connectivity index (χ2n) is 4.61. The lowest BCUT2D eigenvalue weighted by Gasteiger charge is -2.22. The van der Waals surface area contributed by atoms with Gasteiger partial charge in [-0.25, -0.2) is 0 Å². The van der Waals surface area contributed by atoms with E-state index in [0.717, 1.165) is 25.2 Å². The molecule has 0 aliphatic carbocycles. The molecule has 1 aromatic carbocycles. The second-order valence-corrected chi connectivity index (χ2v) is 4.61. The molecule has 0 spiro atoms. The van der Waals surface area contributed by atoms with Gasteiger partial charge in [0.2, 0.25) is 0 Å². The molecule has 0 aliphatic rings. The van der Waals surface area contributed by atoms with Crippen molar-refractivity contribution in [2.45, 2.75) is 27.3 Å². The molecule has 1 unspecified atom stereocenters. The highest BCUT2D eigenvalue weighted by molar-refractivity contribution is 5.37. The molecule has 1 aromatic rings. The number of nitrogens with zero attached hydrogens (tertiary/aromatic N) is 3. The van der Waals surface area contributed by atoms with Crippen LogP contribution >= 0.6 is 0 Å². The highest BCUT2D eigenvalue weighted by Crippen LogP contribution is 2.14. The first-order valence-corrected chi connectivity index (χ1v) is 6.22. The van der Waals surface area contributed by atoms with E-state index >= 15 is 0 Å². The zero-order valence-corrected chi connectivity index (χ0v) is 11.3. The summed E-state index contributed by atoms with van der Waals surface area (Å²) in [6, 6.07) is 10.2. The minimum absolute atomic E-state index is 0.0450. The molecule has 3 heteroatoms. The third kappa shape index (κ3) is 3.87. The molecule has 0 aliphatic heterocycles. The highest BCUT2D eigenvalue weighted by atomic mass is 15.1. The molecule has 0 amide bonds. The zero-order valence-electron chi connectivity index (χ0n) is 11.3. The molecule has 0 bridgehead atoms. The molecule has 0 saturated carbocycles. The van der Waals surface area contributed by atoms with Gasteiger partial charge in [0.05, 0.1) is 23.6 Å². The summed E-state index contributed by atoms with van der Waals surface area (Å²) >= 11 is 0. The molecule has 18 heavy (non-hydrogen) atoms. The van der Waals surface area contributed by atoms with E-state index in [2.05, 4.69) is 24.0 Å². The first-order chi connectivity index (χ1) is 8.60. The topological polar surface area (TPSA) is 50.8 Å². The van der Waals surface area contributed by atoms with Gasteiger partial charge in [-0.2, -0.15) is 10.5 Å². The predicted octanol–water partition coefficient (Wildman–Crippen LogP) is 2.85. The standard InChI is InChI=1S/C15H19N3/c1-4-18(10-12(2)8-16)11-15-6-5-14(9-17)7-13(15)3/h5-7,12H,4,10-11H2,1-3H3. The summed E-state index contributed by atoms with van der Waals surface area (Å²) in [4.78, 5) is 2.25. The molecule has 0 fully saturated rings. The number of aryl methyl sites for hydroxylation is 1. The van der Waals surface area contributed by atoms with Gasteiger partial charge in [-0.1, -0.05) is 13.0 Å². The molecule has 0 heterocycles. The van der Waals surface area contributed by atoms with Crippen molar-refractivity contribution in [2.24, 2.45) is 5.92 Å². The molecular weight excluding hydrogens is 222 g/mol. The Balaban J connectivity index is 2.77. The van der Waals surface area contributed by atoms with E-state index in [-0.39, 0.29) is 5.92 Å². The summed E-state index contributed by atoms with van der Waals surface area (Å²) in [7, 11) is 0. The SMILES string of the molecule is CCN(Cc1ccc(C#N)cc1C)CC(C)C#N. The lowest BCUT2D eigenvalue weighted by atomic mass is 10.0. The van der Waals surface area contributed by atoms with Crippen LogP contribution in [0.2, 0.25) is 0 Å². The van der Waals surface area contributed by atoms with Crippen LogP contribution in [0.4, 0.5) is 0 Å². The van der Waals surface area contributed by atoms with Gasteiger partial charge >= 0.3 is 0 Å². The average Bonchev–Trinajstić information content (AvgIpc) is 2.39. The first-order valence-electron chi connectivity index (χ1n) is 6.22. The summed E-state index contributed by atoms with van der Waals surface area (Å²) in [6.45, 7) is 8.60. The van der Waals surface area contributed by atoms with Crippen LogP contribution in [0.25, 0.3) is 0 Å². The fourth-order valence-electron chi connectivity index (χ4n) is 1.92. The Morgan fingerprint density at radius 3 is 2.56 bits per heavy atom. The Kier molecular flexibility index (Phi) is 5.36. The van der Waals surface area contributed by atoms with E-state index in [1.165, 1.54) is 5.56 Å². The Morgan fingerprint density at radius 2 is 2.06 bits per heavy atom. The van der Waals surface area contributed by atoms with Gasteiger partial charge in [-0.15, -0.1) is 0 Å². The van der Waals surface area contributed by atoms with Crippen molar-refractivity contribution in [2.75, 3.05) is 13.1 Å².